The molecule has 0 atom stereocenters. The summed E-state index contributed by atoms with van der Waals surface area (Å²) in [5, 5.41) is 3.95. The summed E-state index contributed by atoms with van der Waals surface area (Å²) >= 11 is 1.31. The van der Waals surface area contributed by atoms with Gasteiger partial charge in [0.15, 0.2) is 4.83 Å². The SMILES string of the molecule is c1cc(-c2ccc3nnsc3n2)ccn1. The van der Waals surface area contributed by atoms with Gasteiger partial charge in [-0.3, -0.25) is 4.98 Å². The maximum Gasteiger partial charge on any atom is 0.164 e. The van der Waals surface area contributed by atoms with Gasteiger partial charge in [0.1, 0.15) is 5.52 Å². The molecule has 0 aliphatic rings. The van der Waals surface area contributed by atoms with Gasteiger partial charge in [0.05, 0.1) is 5.69 Å². The van der Waals surface area contributed by atoms with Crippen LogP contribution in [0.25, 0.3) is 21.6 Å². The topological polar surface area (TPSA) is 51.6 Å². The van der Waals surface area contributed by atoms with E-state index in [0.29, 0.717) is 0 Å². The van der Waals surface area contributed by atoms with Crippen molar-refractivity contribution >= 4 is 21.9 Å². The molecule has 0 saturated heterocycles. The first kappa shape index (κ1) is 8.43. The van der Waals surface area contributed by atoms with Crippen molar-refractivity contribution in [1.29, 1.82) is 0 Å². The van der Waals surface area contributed by atoms with Crippen LogP contribution in [0.3, 0.4) is 0 Å². The van der Waals surface area contributed by atoms with E-state index in [4.69, 9.17) is 0 Å². The van der Waals surface area contributed by atoms with Crippen LogP contribution in [0.2, 0.25) is 0 Å². The third-order valence-corrected chi connectivity index (χ3v) is 2.73. The zero-order chi connectivity index (χ0) is 10.1. The van der Waals surface area contributed by atoms with Crippen LogP contribution in [0.5, 0.6) is 0 Å². The van der Waals surface area contributed by atoms with Crippen LogP contribution in [-0.2, 0) is 0 Å². The van der Waals surface area contributed by atoms with Gasteiger partial charge in [-0.2, -0.15) is 0 Å². The summed E-state index contributed by atoms with van der Waals surface area (Å²) in [7, 11) is 0. The van der Waals surface area contributed by atoms with E-state index in [1.165, 1.54) is 11.5 Å². The Kier molecular flexibility index (Phi) is 1.89. The molecule has 72 valence electrons. The Morgan fingerprint density at radius 1 is 1.00 bits per heavy atom. The molecule has 0 aliphatic carbocycles. The zero-order valence-electron chi connectivity index (χ0n) is 7.66. The number of rotatable bonds is 1. The van der Waals surface area contributed by atoms with Gasteiger partial charge in [-0.05, 0) is 24.3 Å². The highest BCUT2D eigenvalue weighted by molar-refractivity contribution is 7.12. The molecule has 0 saturated carbocycles. The summed E-state index contributed by atoms with van der Waals surface area (Å²) < 4.78 is 3.85. The van der Waals surface area contributed by atoms with Crippen molar-refractivity contribution in [1.82, 2.24) is 19.6 Å². The van der Waals surface area contributed by atoms with Crippen molar-refractivity contribution < 1.29 is 0 Å². The van der Waals surface area contributed by atoms with Crippen LogP contribution >= 0.6 is 11.5 Å². The van der Waals surface area contributed by atoms with Crippen molar-refractivity contribution in [3.63, 3.8) is 0 Å². The van der Waals surface area contributed by atoms with E-state index in [1.807, 2.05) is 24.3 Å². The lowest BCUT2D eigenvalue weighted by Gasteiger charge is -1.98. The van der Waals surface area contributed by atoms with Crippen molar-refractivity contribution in [3.05, 3.63) is 36.7 Å². The van der Waals surface area contributed by atoms with E-state index in [9.17, 15) is 0 Å². The third kappa shape index (κ3) is 1.46. The largest absolute Gasteiger partial charge is 0.265 e. The summed E-state index contributed by atoms with van der Waals surface area (Å²) in [4.78, 5) is 9.31. The number of nitrogens with zero attached hydrogens (tertiary/aromatic N) is 4. The maximum absolute atomic E-state index is 4.47. The smallest absolute Gasteiger partial charge is 0.164 e. The molecule has 4 nitrogen and oxygen atoms in total. The average Bonchev–Trinajstić information content (AvgIpc) is 2.77. The van der Waals surface area contributed by atoms with Gasteiger partial charge in [-0.1, -0.05) is 4.49 Å². The van der Waals surface area contributed by atoms with Crippen LogP contribution in [-0.4, -0.2) is 19.6 Å². The molecular weight excluding hydrogens is 208 g/mol. The Bertz CT molecular complexity index is 590. The second-order valence-electron chi connectivity index (χ2n) is 3.03. The molecule has 0 spiro atoms. The minimum Gasteiger partial charge on any atom is -0.265 e. The summed E-state index contributed by atoms with van der Waals surface area (Å²) in [5.74, 6) is 0. The van der Waals surface area contributed by atoms with Gasteiger partial charge >= 0.3 is 0 Å². The normalized spacial score (nSPS) is 10.7. The maximum atomic E-state index is 4.47. The number of fused-ring (bicyclic) bond motifs is 1. The minimum atomic E-state index is 0.845. The fourth-order valence-electron chi connectivity index (χ4n) is 1.36. The fourth-order valence-corrected chi connectivity index (χ4v) is 1.91. The molecule has 0 fully saturated rings. The molecule has 15 heavy (non-hydrogen) atoms. The second kappa shape index (κ2) is 3.36. The molecule has 0 aromatic carbocycles. The number of hydrogen-bond donors (Lipinski definition) is 0. The van der Waals surface area contributed by atoms with Gasteiger partial charge in [0, 0.05) is 29.5 Å². The lowest BCUT2D eigenvalue weighted by Crippen LogP contribution is -1.83. The predicted molar refractivity (Wildman–Crippen MR) is 58.4 cm³/mol. The van der Waals surface area contributed by atoms with Crippen LogP contribution in [0, 0.1) is 0 Å². The second-order valence-corrected chi connectivity index (χ2v) is 3.76. The highest BCUT2D eigenvalue weighted by Gasteiger charge is 2.03. The quantitative estimate of drug-likeness (QED) is 0.622. The van der Waals surface area contributed by atoms with E-state index < -0.39 is 0 Å². The van der Waals surface area contributed by atoms with E-state index in [0.717, 1.165) is 21.6 Å². The van der Waals surface area contributed by atoms with Crippen LogP contribution < -0.4 is 0 Å². The average molecular weight is 214 g/mol. The first-order valence-electron chi connectivity index (χ1n) is 4.43. The van der Waals surface area contributed by atoms with Crippen LogP contribution in [0.1, 0.15) is 0 Å². The molecule has 0 N–H and O–H groups in total. The van der Waals surface area contributed by atoms with Gasteiger partial charge in [0.25, 0.3) is 0 Å². The molecule has 0 amide bonds. The molecule has 5 heteroatoms. The van der Waals surface area contributed by atoms with Crippen LogP contribution in [0.4, 0.5) is 0 Å². The van der Waals surface area contributed by atoms with Gasteiger partial charge in [0.2, 0.25) is 0 Å². The number of pyridine rings is 2. The molecule has 3 rings (SSSR count). The highest BCUT2D eigenvalue weighted by Crippen LogP contribution is 2.20. The Balaban J connectivity index is 2.19. The van der Waals surface area contributed by atoms with Crippen molar-refractivity contribution in [2.75, 3.05) is 0 Å². The standard InChI is InChI=1S/C10H6N4S/c1-2-9-10(15-14-13-9)12-8(1)7-3-5-11-6-4-7/h1-6H. The molecule has 0 bridgehead atoms. The van der Waals surface area contributed by atoms with E-state index >= 15 is 0 Å². The van der Waals surface area contributed by atoms with E-state index in [2.05, 4.69) is 19.6 Å². The Hall–Kier alpha value is -1.88. The molecule has 0 radical (unpaired) electrons. The summed E-state index contributed by atoms with van der Waals surface area (Å²) in [6, 6.07) is 7.74. The Morgan fingerprint density at radius 3 is 2.73 bits per heavy atom. The Labute approximate surface area is 89.8 Å². The van der Waals surface area contributed by atoms with E-state index in [1.54, 1.807) is 12.4 Å². The molecule has 0 aliphatic heterocycles. The number of aromatic nitrogens is 4. The predicted octanol–water partition coefficient (Wildman–Crippen LogP) is 2.15. The van der Waals surface area contributed by atoms with Crippen molar-refractivity contribution in [2.45, 2.75) is 0 Å². The highest BCUT2D eigenvalue weighted by atomic mass is 32.1. The zero-order valence-corrected chi connectivity index (χ0v) is 8.48. The van der Waals surface area contributed by atoms with Crippen LogP contribution in [0.15, 0.2) is 36.7 Å². The Morgan fingerprint density at radius 2 is 1.87 bits per heavy atom. The first-order chi connectivity index (χ1) is 7.43. The lowest BCUT2D eigenvalue weighted by atomic mass is 10.2. The fraction of sp³-hybridized carbons (Fsp3) is 0. The first-order valence-corrected chi connectivity index (χ1v) is 5.20. The minimum absolute atomic E-state index is 0.845. The van der Waals surface area contributed by atoms with Gasteiger partial charge in [-0.25, -0.2) is 4.98 Å². The monoisotopic (exact) mass is 214 g/mol. The molecule has 3 heterocycles. The summed E-state index contributed by atoms with van der Waals surface area (Å²) in [6.07, 6.45) is 3.51. The third-order valence-electron chi connectivity index (χ3n) is 2.09. The molecular formula is C10H6N4S. The van der Waals surface area contributed by atoms with Crippen molar-refractivity contribution in [3.8, 4) is 11.3 Å². The summed E-state index contributed by atoms with van der Waals surface area (Å²) in [6.45, 7) is 0. The van der Waals surface area contributed by atoms with Gasteiger partial charge < -0.3 is 0 Å². The number of hydrogen-bond acceptors (Lipinski definition) is 5. The van der Waals surface area contributed by atoms with E-state index in [-0.39, 0.29) is 0 Å². The molecule has 0 unspecified atom stereocenters. The molecule has 3 aromatic rings. The summed E-state index contributed by atoms with van der Waals surface area (Å²) in [5.41, 5.74) is 2.83. The lowest BCUT2D eigenvalue weighted by molar-refractivity contribution is 1.20. The van der Waals surface area contributed by atoms with Gasteiger partial charge in [-0.15, -0.1) is 5.10 Å². The van der Waals surface area contributed by atoms with Crippen molar-refractivity contribution in [2.24, 2.45) is 0 Å². The molecule has 3 aromatic heterocycles.